The molecule has 1 amide bonds. The number of carbonyl (C=O) groups is 1. The molecule has 1 atom stereocenters. The van der Waals surface area contributed by atoms with Crippen molar-refractivity contribution in [3.05, 3.63) is 29.8 Å². The van der Waals surface area contributed by atoms with Crippen molar-refractivity contribution in [2.24, 2.45) is 5.73 Å². The van der Waals surface area contributed by atoms with Crippen LogP contribution in [0.2, 0.25) is 0 Å². The number of amides is 1. The molecule has 4 nitrogen and oxygen atoms in total. The number of benzene rings is 1. The van der Waals surface area contributed by atoms with Crippen LogP contribution in [-0.2, 0) is 4.79 Å². The lowest BCUT2D eigenvalue weighted by atomic mass is 10.2. The van der Waals surface area contributed by atoms with Crippen LogP contribution in [0.15, 0.2) is 24.3 Å². The first-order valence-electron chi connectivity index (χ1n) is 5.78. The molecule has 0 spiro atoms. The van der Waals surface area contributed by atoms with Crippen LogP contribution in [0.5, 0.6) is 0 Å². The van der Waals surface area contributed by atoms with Crippen LogP contribution in [0.4, 0.5) is 5.69 Å². The number of thioether (sulfide) groups is 1. The van der Waals surface area contributed by atoms with E-state index < -0.39 is 0 Å². The molecule has 1 unspecified atom stereocenters. The van der Waals surface area contributed by atoms with Gasteiger partial charge < -0.3 is 11.1 Å². The summed E-state index contributed by atoms with van der Waals surface area (Å²) in [7, 11) is 0. The maximum atomic E-state index is 11.7. The zero-order valence-corrected chi connectivity index (χ0v) is 11.2. The van der Waals surface area contributed by atoms with E-state index >= 15 is 0 Å². The third kappa shape index (κ3) is 4.78. The van der Waals surface area contributed by atoms with Crippen molar-refractivity contribution < 1.29 is 4.79 Å². The second-order valence-corrected chi connectivity index (χ2v) is 5.42. The van der Waals surface area contributed by atoms with Crippen molar-refractivity contribution in [2.75, 3.05) is 17.6 Å². The highest BCUT2D eigenvalue weighted by atomic mass is 32.2. The van der Waals surface area contributed by atoms with Gasteiger partial charge in [0.2, 0.25) is 5.91 Å². The highest BCUT2D eigenvalue weighted by molar-refractivity contribution is 7.99. The summed E-state index contributed by atoms with van der Waals surface area (Å²) in [6.45, 7) is 2.65. The molecule has 1 rings (SSSR count). The molecule has 0 aromatic heterocycles. The summed E-state index contributed by atoms with van der Waals surface area (Å²) < 4.78 is 0. The first-order chi connectivity index (χ1) is 8.67. The van der Waals surface area contributed by atoms with Crippen LogP contribution in [0.1, 0.15) is 18.9 Å². The van der Waals surface area contributed by atoms with Crippen LogP contribution in [0, 0.1) is 11.3 Å². The molecule has 0 aliphatic carbocycles. The molecule has 0 fully saturated rings. The molecule has 0 aliphatic rings. The maximum absolute atomic E-state index is 11.7. The Balaban J connectivity index is 2.43. The molecular formula is C13H17N3OS. The number of nitrogens with zero attached hydrogens (tertiary/aromatic N) is 1. The lowest BCUT2D eigenvalue weighted by molar-refractivity contribution is -0.115. The number of rotatable bonds is 6. The molecule has 1 aromatic rings. The molecule has 0 aliphatic heterocycles. The Bertz CT molecular complexity index is 442. The molecule has 0 saturated heterocycles. The van der Waals surface area contributed by atoms with Gasteiger partial charge in [0.25, 0.3) is 0 Å². The van der Waals surface area contributed by atoms with Gasteiger partial charge in [-0.25, -0.2) is 0 Å². The highest BCUT2D eigenvalue weighted by Gasteiger charge is 2.07. The molecule has 1 aromatic carbocycles. The molecular weight excluding hydrogens is 246 g/mol. The molecule has 0 radical (unpaired) electrons. The zero-order valence-electron chi connectivity index (χ0n) is 10.3. The highest BCUT2D eigenvalue weighted by Crippen LogP contribution is 2.15. The molecule has 5 heteroatoms. The van der Waals surface area contributed by atoms with E-state index in [1.807, 2.05) is 13.0 Å². The van der Waals surface area contributed by atoms with Crippen molar-refractivity contribution in [2.45, 2.75) is 18.6 Å². The molecule has 0 bridgehead atoms. The minimum absolute atomic E-state index is 0.0746. The maximum Gasteiger partial charge on any atom is 0.225 e. The Kier molecular flexibility index (Phi) is 6.26. The minimum Gasteiger partial charge on any atom is -0.329 e. The first-order valence-corrected chi connectivity index (χ1v) is 6.83. The summed E-state index contributed by atoms with van der Waals surface area (Å²) in [5, 5.41) is 12.0. The average molecular weight is 263 g/mol. The summed E-state index contributed by atoms with van der Waals surface area (Å²) in [6, 6.07) is 9.02. The van der Waals surface area contributed by atoms with Crippen LogP contribution < -0.4 is 11.1 Å². The molecule has 0 saturated carbocycles. The van der Waals surface area contributed by atoms with E-state index in [1.54, 1.807) is 36.0 Å². The second-order valence-electron chi connectivity index (χ2n) is 3.87. The van der Waals surface area contributed by atoms with Gasteiger partial charge in [-0.05, 0) is 12.1 Å². The predicted octanol–water partition coefficient (Wildman–Crippen LogP) is 1.97. The van der Waals surface area contributed by atoms with Crippen molar-refractivity contribution in [3.8, 4) is 6.07 Å². The topological polar surface area (TPSA) is 78.9 Å². The average Bonchev–Trinajstić information content (AvgIpc) is 2.39. The van der Waals surface area contributed by atoms with Crippen molar-refractivity contribution >= 4 is 23.4 Å². The Labute approximate surface area is 112 Å². The van der Waals surface area contributed by atoms with E-state index in [9.17, 15) is 4.79 Å². The Hall–Kier alpha value is -1.51. The van der Waals surface area contributed by atoms with Crippen molar-refractivity contribution in [1.29, 1.82) is 5.26 Å². The van der Waals surface area contributed by atoms with E-state index in [-0.39, 0.29) is 5.91 Å². The largest absolute Gasteiger partial charge is 0.329 e. The molecule has 18 heavy (non-hydrogen) atoms. The lowest BCUT2D eigenvalue weighted by Crippen LogP contribution is -2.16. The van der Waals surface area contributed by atoms with Gasteiger partial charge in [0, 0.05) is 24.0 Å². The number of hydrogen-bond acceptors (Lipinski definition) is 4. The standard InChI is InChI=1S/C13H17N3OS/c1-10(8-14)18-7-6-13(17)16-12-5-3-2-4-11(12)9-15/h2-5,10H,6-8,14H2,1H3,(H,16,17). The number of nitrogens with one attached hydrogen (secondary N) is 1. The van der Waals surface area contributed by atoms with E-state index in [0.717, 1.165) is 5.75 Å². The van der Waals surface area contributed by atoms with Gasteiger partial charge in [-0.3, -0.25) is 4.79 Å². The summed E-state index contributed by atoms with van der Waals surface area (Å²) in [6.07, 6.45) is 0.425. The van der Waals surface area contributed by atoms with E-state index in [0.29, 0.717) is 29.5 Å². The fourth-order valence-electron chi connectivity index (χ4n) is 1.32. The number of para-hydroxylation sites is 1. The van der Waals surface area contributed by atoms with Gasteiger partial charge >= 0.3 is 0 Å². The van der Waals surface area contributed by atoms with Gasteiger partial charge in [0.1, 0.15) is 6.07 Å². The molecule has 0 heterocycles. The Morgan fingerprint density at radius 2 is 2.28 bits per heavy atom. The van der Waals surface area contributed by atoms with Gasteiger partial charge in [0.05, 0.1) is 11.3 Å². The fourth-order valence-corrected chi connectivity index (χ4v) is 2.16. The zero-order chi connectivity index (χ0) is 13.4. The number of anilines is 1. The van der Waals surface area contributed by atoms with Gasteiger partial charge in [-0.1, -0.05) is 19.1 Å². The second kappa shape index (κ2) is 7.75. The monoisotopic (exact) mass is 263 g/mol. The number of carbonyl (C=O) groups excluding carboxylic acids is 1. The van der Waals surface area contributed by atoms with Crippen LogP contribution in [-0.4, -0.2) is 23.5 Å². The normalized spacial score (nSPS) is 11.6. The van der Waals surface area contributed by atoms with Crippen LogP contribution in [0.25, 0.3) is 0 Å². The van der Waals surface area contributed by atoms with Gasteiger partial charge in [0.15, 0.2) is 0 Å². The summed E-state index contributed by atoms with van der Waals surface area (Å²) >= 11 is 1.67. The smallest absolute Gasteiger partial charge is 0.225 e. The van der Waals surface area contributed by atoms with Crippen LogP contribution in [0.3, 0.4) is 0 Å². The fraction of sp³-hybridized carbons (Fsp3) is 0.385. The predicted molar refractivity (Wildman–Crippen MR) is 75.4 cm³/mol. The third-order valence-electron chi connectivity index (χ3n) is 2.39. The summed E-state index contributed by atoms with van der Waals surface area (Å²) in [4.78, 5) is 11.7. The van der Waals surface area contributed by atoms with E-state index in [2.05, 4.69) is 5.32 Å². The Morgan fingerprint density at radius 3 is 2.94 bits per heavy atom. The Morgan fingerprint density at radius 1 is 1.56 bits per heavy atom. The molecule has 96 valence electrons. The third-order valence-corrected chi connectivity index (χ3v) is 3.59. The first kappa shape index (κ1) is 14.6. The molecule has 3 N–H and O–H groups in total. The quantitative estimate of drug-likeness (QED) is 0.822. The van der Waals surface area contributed by atoms with Crippen LogP contribution >= 0.6 is 11.8 Å². The summed E-state index contributed by atoms with van der Waals surface area (Å²) in [5.74, 6) is 0.660. The lowest BCUT2D eigenvalue weighted by Gasteiger charge is -2.09. The van der Waals surface area contributed by atoms with Gasteiger partial charge in [-0.2, -0.15) is 17.0 Å². The van der Waals surface area contributed by atoms with E-state index in [1.165, 1.54) is 0 Å². The summed E-state index contributed by atoms with van der Waals surface area (Å²) in [5.41, 5.74) is 6.54. The van der Waals surface area contributed by atoms with Crippen molar-refractivity contribution in [3.63, 3.8) is 0 Å². The van der Waals surface area contributed by atoms with Gasteiger partial charge in [-0.15, -0.1) is 0 Å². The number of hydrogen-bond donors (Lipinski definition) is 2. The number of nitriles is 1. The van der Waals surface area contributed by atoms with E-state index in [4.69, 9.17) is 11.0 Å². The van der Waals surface area contributed by atoms with Crippen molar-refractivity contribution in [1.82, 2.24) is 0 Å². The minimum atomic E-state index is -0.0746. The number of nitrogens with two attached hydrogens (primary N) is 1. The SMILES string of the molecule is CC(CN)SCCC(=O)Nc1ccccc1C#N.